The highest BCUT2D eigenvalue weighted by Gasteiger charge is 2.27. The molecule has 1 fully saturated rings. The maximum atomic E-state index is 12.8. The third-order valence-corrected chi connectivity index (χ3v) is 6.53. The van der Waals surface area contributed by atoms with Crippen LogP contribution in [0.25, 0.3) is 11.0 Å². The summed E-state index contributed by atoms with van der Waals surface area (Å²) in [5, 5.41) is 2.88. The van der Waals surface area contributed by atoms with Gasteiger partial charge in [0.25, 0.3) is 0 Å². The fourth-order valence-corrected chi connectivity index (χ4v) is 4.69. The smallest absolute Gasteiger partial charge is 0.243 e. The van der Waals surface area contributed by atoms with Gasteiger partial charge in [0.15, 0.2) is 0 Å². The van der Waals surface area contributed by atoms with E-state index in [1.54, 1.807) is 18.2 Å². The predicted molar refractivity (Wildman–Crippen MR) is 106 cm³/mol. The number of aromatic nitrogens is 2. The quantitative estimate of drug-likeness (QED) is 0.694. The van der Waals surface area contributed by atoms with Gasteiger partial charge < -0.3 is 19.5 Å². The number of carbonyl (C=O) groups excluding carboxylic acids is 1. The molecule has 0 bridgehead atoms. The highest BCUT2D eigenvalue weighted by molar-refractivity contribution is 7.89. The lowest BCUT2D eigenvalue weighted by Gasteiger charge is -2.26. The molecule has 2 aromatic rings. The van der Waals surface area contributed by atoms with Crippen LogP contribution in [0.5, 0.6) is 0 Å². The second-order valence-electron chi connectivity index (χ2n) is 7.07. The summed E-state index contributed by atoms with van der Waals surface area (Å²) >= 11 is 0. The number of imidazole rings is 1. The molecule has 1 aliphatic rings. The Hall–Kier alpha value is -2.01. The largest absolute Gasteiger partial charge is 0.379 e. The van der Waals surface area contributed by atoms with Crippen molar-refractivity contribution in [3.05, 3.63) is 24.0 Å². The average molecular weight is 410 g/mol. The van der Waals surface area contributed by atoms with Crippen LogP contribution in [0.2, 0.25) is 0 Å². The molecule has 9 nitrogen and oxygen atoms in total. The normalized spacial score (nSPS) is 16.0. The van der Waals surface area contributed by atoms with E-state index in [0.29, 0.717) is 51.5 Å². The summed E-state index contributed by atoms with van der Waals surface area (Å²) in [7, 11) is 0.131. The number of likely N-dealkylation sites (N-methyl/N-ethyl adjacent to an activating group) is 1. The van der Waals surface area contributed by atoms with Gasteiger partial charge in [-0.15, -0.1) is 0 Å². The van der Waals surface area contributed by atoms with Gasteiger partial charge in [-0.1, -0.05) is 0 Å². The number of sulfonamides is 1. The molecule has 0 aliphatic carbocycles. The number of nitrogens with one attached hydrogen (secondary N) is 1. The summed E-state index contributed by atoms with van der Waals surface area (Å²) < 4.78 is 34.4. The van der Waals surface area contributed by atoms with Crippen LogP contribution in [0, 0.1) is 6.92 Å². The maximum absolute atomic E-state index is 12.8. The van der Waals surface area contributed by atoms with Gasteiger partial charge in [0.05, 0.1) is 35.7 Å². The molecule has 1 N–H and O–H groups in total. The summed E-state index contributed by atoms with van der Waals surface area (Å²) in [4.78, 5) is 18.3. The molecule has 0 unspecified atom stereocenters. The van der Waals surface area contributed by atoms with E-state index < -0.39 is 10.0 Å². The monoisotopic (exact) mass is 409 g/mol. The van der Waals surface area contributed by atoms with Gasteiger partial charge in [0, 0.05) is 26.2 Å². The predicted octanol–water partition coefficient (Wildman–Crippen LogP) is 0.0434. The Morgan fingerprint density at radius 2 is 2.00 bits per heavy atom. The zero-order chi connectivity index (χ0) is 20.3. The number of amides is 1. The van der Waals surface area contributed by atoms with Crippen molar-refractivity contribution >= 4 is 27.0 Å². The lowest BCUT2D eigenvalue weighted by atomic mass is 10.3. The van der Waals surface area contributed by atoms with Crippen LogP contribution in [-0.4, -0.2) is 86.6 Å². The minimum absolute atomic E-state index is 0.0361. The molecule has 10 heteroatoms. The number of hydrogen-bond donors (Lipinski definition) is 1. The standard InChI is InChI=1S/C18H27N5O4S/c1-14-20-16-12-15(28(25,26)22-8-10-27-11-9-22)4-5-17(16)23(14)7-6-19-18(24)13-21(2)3/h4-5,12H,6-11,13H2,1-3H3,(H,19,24). The summed E-state index contributed by atoms with van der Waals surface area (Å²) in [5.74, 6) is 0.740. The van der Waals surface area contributed by atoms with E-state index in [4.69, 9.17) is 4.74 Å². The van der Waals surface area contributed by atoms with Gasteiger partial charge in [0.2, 0.25) is 15.9 Å². The summed E-state index contributed by atoms with van der Waals surface area (Å²) in [6, 6.07) is 5.02. The lowest BCUT2D eigenvalue weighted by Crippen LogP contribution is -2.40. The van der Waals surface area contributed by atoms with Gasteiger partial charge in [-0.2, -0.15) is 4.31 Å². The molecule has 1 aromatic heterocycles. The van der Waals surface area contributed by atoms with Crippen molar-refractivity contribution < 1.29 is 17.9 Å². The second-order valence-corrected chi connectivity index (χ2v) is 9.00. The van der Waals surface area contributed by atoms with E-state index >= 15 is 0 Å². The number of nitrogens with zero attached hydrogens (tertiary/aromatic N) is 4. The van der Waals surface area contributed by atoms with E-state index in [9.17, 15) is 13.2 Å². The molecule has 0 saturated carbocycles. The molecular weight excluding hydrogens is 382 g/mol. The zero-order valence-corrected chi connectivity index (χ0v) is 17.3. The van der Waals surface area contributed by atoms with E-state index in [-0.39, 0.29) is 10.8 Å². The van der Waals surface area contributed by atoms with Gasteiger partial charge in [0.1, 0.15) is 5.82 Å². The Bertz CT molecular complexity index is 948. The third-order valence-electron chi connectivity index (χ3n) is 4.64. The molecule has 28 heavy (non-hydrogen) atoms. The Balaban J connectivity index is 1.76. The minimum Gasteiger partial charge on any atom is -0.379 e. The average Bonchev–Trinajstić information content (AvgIpc) is 2.96. The van der Waals surface area contributed by atoms with Crippen molar-refractivity contribution in [2.24, 2.45) is 0 Å². The first-order valence-corrected chi connectivity index (χ1v) is 10.7. The van der Waals surface area contributed by atoms with E-state index in [2.05, 4.69) is 10.3 Å². The van der Waals surface area contributed by atoms with Crippen molar-refractivity contribution in [1.29, 1.82) is 0 Å². The highest BCUT2D eigenvalue weighted by Crippen LogP contribution is 2.23. The van der Waals surface area contributed by atoms with Crippen LogP contribution in [0.1, 0.15) is 5.82 Å². The van der Waals surface area contributed by atoms with Crippen LogP contribution in [0.3, 0.4) is 0 Å². The Morgan fingerprint density at radius 1 is 1.29 bits per heavy atom. The molecule has 3 rings (SSSR count). The number of carbonyl (C=O) groups is 1. The van der Waals surface area contributed by atoms with E-state index in [1.165, 1.54) is 4.31 Å². The molecule has 0 radical (unpaired) electrons. The number of ether oxygens (including phenoxy) is 1. The van der Waals surface area contributed by atoms with Gasteiger partial charge >= 0.3 is 0 Å². The fourth-order valence-electron chi connectivity index (χ4n) is 3.26. The molecule has 2 heterocycles. The fraction of sp³-hybridized carbons (Fsp3) is 0.556. The topological polar surface area (TPSA) is 96.8 Å². The van der Waals surface area contributed by atoms with Crippen molar-refractivity contribution in [2.45, 2.75) is 18.4 Å². The number of benzene rings is 1. The zero-order valence-electron chi connectivity index (χ0n) is 16.5. The van der Waals surface area contributed by atoms with Crippen molar-refractivity contribution in [1.82, 2.24) is 24.1 Å². The molecule has 154 valence electrons. The SMILES string of the molecule is Cc1nc2cc(S(=O)(=O)N3CCOCC3)ccc2n1CCNC(=O)CN(C)C. The number of morpholine rings is 1. The Labute approximate surface area is 165 Å². The Morgan fingerprint density at radius 3 is 2.68 bits per heavy atom. The number of aryl methyl sites for hydroxylation is 1. The number of rotatable bonds is 7. The van der Waals surface area contributed by atoms with Crippen LogP contribution in [0.15, 0.2) is 23.1 Å². The first-order valence-electron chi connectivity index (χ1n) is 9.25. The third kappa shape index (κ3) is 4.52. The molecular formula is C18H27N5O4S. The van der Waals surface area contributed by atoms with Crippen LogP contribution in [-0.2, 0) is 26.1 Å². The van der Waals surface area contributed by atoms with Crippen molar-refractivity contribution in [3.63, 3.8) is 0 Å². The number of hydrogen-bond acceptors (Lipinski definition) is 6. The molecule has 1 aromatic carbocycles. The van der Waals surface area contributed by atoms with Crippen LogP contribution < -0.4 is 5.32 Å². The van der Waals surface area contributed by atoms with Crippen LogP contribution in [0.4, 0.5) is 0 Å². The molecule has 0 atom stereocenters. The number of fused-ring (bicyclic) bond motifs is 1. The molecule has 0 spiro atoms. The Kier molecular flexibility index (Phi) is 6.33. The van der Waals surface area contributed by atoms with Crippen LogP contribution >= 0.6 is 0 Å². The summed E-state index contributed by atoms with van der Waals surface area (Å²) in [5.41, 5.74) is 1.48. The molecule has 1 aliphatic heterocycles. The van der Waals surface area contributed by atoms with Crippen molar-refractivity contribution in [3.8, 4) is 0 Å². The first kappa shape index (κ1) is 20.7. The van der Waals surface area contributed by atoms with E-state index in [0.717, 1.165) is 11.3 Å². The van der Waals surface area contributed by atoms with Gasteiger partial charge in [-0.25, -0.2) is 13.4 Å². The van der Waals surface area contributed by atoms with Gasteiger partial charge in [-0.3, -0.25) is 4.79 Å². The molecule has 1 amide bonds. The van der Waals surface area contributed by atoms with E-state index in [1.807, 2.05) is 30.5 Å². The van der Waals surface area contributed by atoms with Crippen molar-refractivity contribution in [2.75, 3.05) is 53.5 Å². The van der Waals surface area contributed by atoms with Gasteiger partial charge in [-0.05, 0) is 39.2 Å². The first-order chi connectivity index (χ1) is 13.3. The second kappa shape index (κ2) is 8.56. The summed E-state index contributed by atoms with van der Waals surface area (Å²) in [6.07, 6.45) is 0. The highest BCUT2D eigenvalue weighted by atomic mass is 32.2. The lowest BCUT2D eigenvalue weighted by molar-refractivity contribution is -0.121. The summed E-state index contributed by atoms with van der Waals surface area (Å²) in [6.45, 7) is 4.80. The minimum atomic E-state index is -3.55. The molecule has 1 saturated heterocycles. The maximum Gasteiger partial charge on any atom is 0.243 e.